The normalized spacial score (nSPS) is 13.1. The number of carboxylic acids is 1. The number of aliphatic carboxylic acids is 1. The van der Waals surface area contributed by atoms with E-state index in [-0.39, 0.29) is 0 Å². The third kappa shape index (κ3) is 5.54. The molecule has 2 aromatic rings. The monoisotopic (exact) mass is 363 g/mol. The van der Waals surface area contributed by atoms with Gasteiger partial charge in [0.05, 0.1) is 0 Å². The van der Waals surface area contributed by atoms with E-state index in [1.54, 1.807) is 12.1 Å². The SMILES string of the molecule is CC(Oc1ccc(-c2ccccc2)cc1)C(=O)NC(CC(F)F)C(=O)O. The van der Waals surface area contributed by atoms with E-state index >= 15 is 0 Å². The number of ether oxygens (including phenoxy) is 1. The van der Waals surface area contributed by atoms with Crippen molar-refractivity contribution < 1.29 is 28.2 Å². The molecule has 0 aromatic heterocycles. The minimum Gasteiger partial charge on any atom is -0.481 e. The molecule has 0 aliphatic carbocycles. The van der Waals surface area contributed by atoms with Crippen LogP contribution in [0.5, 0.6) is 5.75 Å². The van der Waals surface area contributed by atoms with Gasteiger partial charge in [0.15, 0.2) is 6.10 Å². The zero-order valence-electron chi connectivity index (χ0n) is 14.1. The Morgan fingerprint density at radius 2 is 1.62 bits per heavy atom. The maximum Gasteiger partial charge on any atom is 0.326 e. The molecule has 0 fully saturated rings. The minimum absolute atomic E-state index is 0.410. The van der Waals surface area contributed by atoms with Gasteiger partial charge in [-0.25, -0.2) is 13.6 Å². The van der Waals surface area contributed by atoms with Crippen LogP contribution in [0.2, 0.25) is 0 Å². The molecule has 0 aliphatic rings. The molecule has 0 bridgehead atoms. The molecule has 138 valence electrons. The first-order chi connectivity index (χ1) is 12.4. The Balaban J connectivity index is 1.97. The predicted octanol–water partition coefficient (Wildman–Crippen LogP) is 3.35. The second-order valence-electron chi connectivity index (χ2n) is 5.68. The van der Waals surface area contributed by atoms with Gasteiger partial charge in [-0.2, -0.15) is 0 Å². The summed E-state index contributed by atoms with van der Waals surface area (Å²) in [6, 6.07) is 15.0. The number of hydrogen-bond donors (Lipinski definition) is 2. The number of alkyl halides is 2. The molecule has 0 saturated heterocycles. The van der Waals surface area contributed by atoms with Gasteiger partial charge in [-0.15, -0.1) is 0 Å². The zero-order chi connectivity index (χ0) is 19.1. The highest BCUT2D eigenvalue weighted by Crippen LogP contribution is 2.22. The minimum atomic E-state index is -2.84. The summed E-state index contributed by atoms with van der Waals surface area (Å²) in [6.45, 7) is 1.42. The quantitative estimate of drug-likeness (QED) is 0.754. The molecule has 0 heterocycles. The smallest absolute Gasteiger partial charge is 0.326 e. The van der Waals surface area contributed by atoms with Gasteiger partial charge < -0.3 is 15.2 Å². The molecule has 26 heavy (non-hydrogen) atoms. The first-order valence-electron chi connectivity index (χ1n) is 8.00. The van der Waals surface area contributed by atoms with Crippen LogP contribution in [-0.4, -0.2) is 35.6 Å². The number of nitrogens with one attached hydrogen (secondary N) is 1. The van der Waals surface area contributed by atoms with Crippen LogP contribution in [0.3, 0.4) is 0 Å². The number of halogens is 2. The molecule has 0 saturated carbocycles. The van der Waals surface area contributed by atoms with Gasteiger partial charge in [-0.1, -0.05) is 42.5 Å². The Hall–Kier alpha value is -2.96. The van der Waals surface area contributed by atoms with Crippen molar-refractivity contribution in [2.24, 2.45) is 0 Å². The van der Waals surface area contributed by atoms with Crippen LogP contribution in [0.4, 0.5) is 8.78 Å². The molecular weight excluding hydrogens is 344 g/mol. The lowest BCUT2D eigenvalue weighted by atomic mass is 10.1. The Morgan fingerprint density at radius 3 is 2.15 bits per heavy atom. The van der Waals surface area contributed by atoms with Crippen molar-refractivity contribution in [1.82, 2.24) is 5.32 Å². The maximum absolute atomic E-state index is 12.4. The highest BCUT2D eigenvalue weighted by Gasteiger charge is 2.26. The Bertz CT molecular complexity index is 735. The average Bonchev–Trinajstić information content (AvgIpc) is 2.62. The van der Waals surface area contributed by atoms with Gasteiger partial charge in [0.25, 0.3) is 5.91 Å². The van der Waals surface area contributed by atoms with Crippen molar-refractivity contribution >= 4 is 11.9 Å². The van der Waals surface area contributed by atoms with E-state index in [4.69, 9.17) is 9.84 Å². The molecule has 2 atom stereocenters. The van der Waals surface area contributed by atoms with E-state index < -0.39 is 36.9 Å². The summed E-state index contributed by atoms with van der Waals surface area (Å²) in [5, 5.41) is 11.0. The lowest BCUT2D eigenvalue weighted by molar-refractivity contribution is -0.144. The number of benzene rings is 2. The first-order valence-corrected chi connectivity index (χ1v) is 8.00. The van der Waals surface area contributed by atoms with Crippen molar-refractivity contribution in [1.29, 1.82) is 0 Å². The Labute approximate surface area is 149 Å². The largest absolute Gasteiger partial charge is 0.481 e. The van der Waals surface area contributed by atoms with E-state index in [2.05, 4.69) is 5.32 Å². The Kier molecular flexibility index (Phi) is 6.66. The first kappa shape index (κ1) is 19.4. The van der Waals surface area contributed by atoms with Crippen molar-refractivity contribution in [3.05, 3.63) is 54.6 Å². The number of rotatable bonds is 8. The van der Waals surface area contributed by atoms with Crippen LogP contribution in [0, 0.1) is 0 Å². The molecule has 1 amide bonds. The van der Waals surface area contributed by atoms with Crippen LogP contribution in [0.1, 0.15) is 13.3 Å². The summed E-state index contributed by atoms with van der Waals surface area (Å²) in [5.74, 6) is -1.88. The summed E-state index contributed by atoms with van der Waals surface area (Å²) in [6.07, 6.45) is -4.82. The second-order valence-corrected chi connectivity index (χ2v) is 5.68. The van der Waals surface area contributed by atoms with Crippen molar-refractivity contribution in [3.63, 3.8) is 0 Å². The average molecular weight is 363 g/mol. The highest BCUT2D eigenvalue weighted by atomic mass is 19.3. The van der Waals surface area contributed by atoms with Gasteiger partial charge in [-0.3, -0.25) is 4.79 Å². The van der Waals surface area contributed by atoms with E-state index in [0.29, 0.717) is 5.75 Å². The van der Waals surface area contributed by atoms with Gasteiger partial charge in [-0.05, 0) is 30.2 Å². The molecule has 0 spiro atoms. The van der Waals surface area contributed by atoms with E-state index in [0.717, 1.165) is 11.1 Å². The summed E-state index contributed by atoms with van der Waals surface area (Å²) in [7, 11) is 0. The van der Waals surface area contributed by atoms with Gasteiger partial charge in [0.1, 0.15) is 11.8 Å². The molecule has 2 N–H and O–H groups in total. The highest BCUT2D eigenvalue weighted by molar-refractivity contribution is 5.86. The summed E-state index contributed by atoms with van der Waals surface area (Å²) in [4.78, 5) is 22.9. The summed E-state index contributed by atoms with van der Waals surface area (Å²) in [5.41, 5.74) is 2.00. The molecule has 5 nitrogen and oxygen atoms in total. The van der Waals surface area contributed by atoms with E-state index in [1.807, 2.05) is 42.5 Å². The van der Waals surface area contributed by atoms with Crippen LogP contribution in [-0.2, 0) is 9.59 Å². The third-order valence-electron chi connectivity index (χ3n) is 3.67. The molecule has 0 radical (unpaired) electrons. The lowest BCUT2D eigenvalue weighted by Gasteiger charge is -2.18. The molecular formula is C19H19F2NO4. The fourth-order valence-electron chi connectivity index (χ4n) is 2.30. The van der Waals surface area contributed by atoms with Crippen LogP contribution >= 0.6 is 0 Å². The van der Waals surface area contributed by atoms with Crippen molar-refractivity contribution in [2.45, 2.75) is 31.9 Å². The number of amides is 1. The number of hydrogen-bond acceptors (Lipinski definition) is 3. The molecule has 2 aromatic carbocycles. The summed E-state index contributed by atoms with van der Waals surface area (Å²) >= 11 is 0. The molecule has 2 unspecified atom stereocenters. The van der Waals surface area contributed by atoms with Crippen LogP contribution in [0.25, 0.3) is 11.1 Å². The zero-order valence-corrected chi connectivity index (χ0v) is 14.1. The van der Waals surface area contributed by atoms with E-state index in [1.165, 1.54) is 6.92 Å². The fourth-order valence-corrected chi connectivity index (χ4v) is 2.30. The van der Waals surface area contributed by atoms with Crippen molar-refractivity contribution in [3.8, 4) is 16.9 Å². The number of carboxylic acid groups (broad SMARTS) is 1. The third-order valence-corrected chi connectivity index (χ3v) is 3.67. The number of carbonyl (C=O) groups excluding carboxylic acids is 1. The lowest BCUT2D eigenvalue weighted by Crippen LogP contribution is -2.47. The molecule has 7 heteroatoms. The van der Waals surface area contributed by atoms with Gasteiger partial charge in [0.2, 0.25) is 6.43 Å². The topological polar surface area (TPSA) is 75.6 Å². The number of carbonyl (C=O) groups is 2. The Morgan fingerprint density at radius 1 is 1.04 bits per heavy atom. The second kappa shape index (κ2) is 8.94. The van der Waals surface area contributed by atoms with Gasteiger partial charge in [0, 0.05) is 6.42 Å². The van der Waals surface area contributed by atoms with Crippen LogP contribution in [0.15, 0.2) is 54.6 Å². The van der Waals surface area contributed by atoms with E-state index in [9.17, 15) is 18.4 Å². The maximum atomic E-state index is 12.4. The summed E-state index contributed by atoms with van der Waals surface area (Å²) < 4.78 is 30.2. The van der Waals surface area contributed by atoms with Gasteiger partial charge >= 0.3 is 5.97 Å². The molecule has 0 aliphatic heterocycles. The fraction of sp³-hybridized carbons (Fsp3) is 0.263. The predicted molar refractivity (Wildman–Crippen MR) is 92.2 cm³/mol. The van der Waals surface area contributed by atoms with Crippen LogP contribution < -0.4 is 10.1 Å². The van der Waals surface area contributed by atoms with Crippen molar-refractivity contribution in [2.75, 3.05) is 0 Å². The standard InChI is InChI=1S/C19H19F2NO4/c1-12(18(23)22-16(19(24)25)11-17(20)21)26-15-9-7-14(8-10-15)13-5-3-2-4-6-13/h2-10,12,16-17H,11H2,1H3,(H,22,23)(H,24,25). The molecule has 2 rings (SSSR count).